The van der Waals surface area contributed by atoms with Gasteiger partial charge in [-0.3, -0.25) is 0 Å². The number of aromatic nitrogens is 1. The lowest BCUT2D eigenvalue weighted by Gasteiger charge is -2.12. The van der Waals surface area contributed by atoms with Crippen molar-refractivity contribution < 1.29 is 26.1 Å². The Hall–Kier alpha value is -2.36. The molecule has 3 aromatic rings. The minimum absolute atomic E-state index is 0.0302. The summed E-state index contributed by atoms with van der Waals surface area (Å²) in [6.07, 6.45) is -4.27. The van der Waals surface area contributed by atoms with Crippen LogP contribution in [-0.4, -0.2) is 13.6 Å². The summed E-state index contributed by atoms with van der Waals surface area (Å²) in [4.78, 5) is -0.0406. The van der Waals surface area contributed by atoms with E-state index < -0.39 is 22.0 Å². The summed E-state index contributed by atoms with van der Waals surface area (Å²) in [6.45, 7) is 1.75. The maximum Gasteiger partial charge on any atom is 0.452 e. The molecule has 1 aromatic heterocycles. The molecule has 154 valence electrons. The summed E-state index contributed by atoms with van der Waals surface area (Å²) in [6, 6.07) is 11.9. The molecule has 0 bridgehead atoms. The van der Waals surface area contributed by atoms with Crippen LogP contribution in [0.2, 0.25) is 5.02 Å². The Balaban J connectivity index is 1.94. The van der Waals surface area contributed by atoms with Crippen LogP contribution in [0.25, 0.3) is 11.3 Å². The van der Waals surface area contributed by atoms with Crippen molar-refractivity contribution in [3.8, 4) is 11.3 Å². The van der Waals surface area contributed by atoms with Gasteiger partial charge in [0.25, 0.3) is 0 Å². The summed E-state index contributed by atoms with van der Waals surface area (Å²) in [5.74, 6) is -1.26. The molecule has 0 aliphatic rings. The van der Waals surface area contributed by atoms with Crippen LogP contribution in [0, 0.1) is 0 Å². The second-order valence-electron chi connectivity index (χ2n) is 6.17. The Morgan fingerprint density at radius 1 is 1.10 bits per heavy atom. The van der Waals surface area contributed by atoms with Gasteiger partial charge in [-0.25, -0.2) is 13.1 Å². The first-order valence-corrected chi connectivity index (χ1v) is 10.4. The summed E-state index contributed by atoms with van der Waals surface area (Å²) in [5, 5.41) is 3.83. The molecule has 5 nitrogen and oxygen atoms in total. The van der Waals surface area contributed by atoms with Crippen molar-refractivity contribution in [2.75, 3.05) is 0 Å². The average Bonchev–Trinajstić information content (AvgIpc) is 3.17. The number of hydrogen-bond donors (Lipinski definition) is 1. The van der Waals surface area contributed by atoms with Gasteiger partial charge >= 0.3 is 6.18 Å². The lowest BCUT2D eigenvalue weighted by Crippen LogP contribution is -2.24. The van der Waals surface area contributed by atoms with Gasteiger partial charge in [-0.05, 0) is 29.7 Å². The van der Waals surface area contributed by atoms with Gasteiger partial charge in [0.15, 0.2) is 0 Å². The highest BCUT2D eigenvalue weighted by atomic mass is 35.5. The maximum atomic E-state index is 12.9. The molecule has 0 spiro atoms. The Bertz CT molecular complexity index is 1130. The normalized spacial score (nSPS) is 12.3. The molecule has 0 unspecified atom stereocenters. The van der Waals surface area contributed by atoms with E-state index in [1.165, 1.54) is 12.1 Å². The third-order valence-electron chi connectivity index (χ3n) is 4.23. The fourth-order valence-corrected chi connectivity index (χ4v) is 4.24. The summed E-state index contributed by atoms with van der Waals surface area (Å²) >= 11 is 6.06. The molecule has 0 aliphatic heterocycles. The Labute approximate surface area is 170 Å². The quantitative estimate of drug-likeness (QED) is 0.577. The minimum Gasteiger partial charge on any atom is -0.351 e. The van der Waals surface area contributed by atoms with Gasteiger partial charge in [0.1, 0.15) is 5.69 Å². The standard InChI is InChI=1S/C19H16ClF3N2O3S/c1-2-12-7-8-13(16-10-18(28-25-16)19(21,22)23)9-17(12)29(26,27)24-11-14-5-3-4-6-15(14)20/h3-10,24H,2,11H2,1H3. The van der Waals surface area contributed by atoms with Gasteiger partial charge in [0.05, 0.1) is 4.90 Å². The van der Waals surface area contributed by atoms with Gasteiger partial charge in [-0.1, -0.05) is 54.0 Å². The van der Waals surface area contributed by atoms with Gasteiger partial charge in [0, 0.05) is 23.2 Å². The number of hydrogen-bond acceptors (Lipinski definition) is 4. The van der Waals surface area contributed by atoms with Crippen LogP contribution in [0.3, 0.4) is 0 Å². The van der Waals surface area contributed by atoms with E-state index in [0.717, 1.165) is 6.07 Å². The SMILES string of the molecule is CCc1ccc(-c2cc(C(F)(F)F)on2)cc1S(=O)(=O)NCc1ccccc1Cl. The Kier molecular flexibility index (Phi) is 6.02. The number of nitrogens with zero attached hydrogens (tertiary/aromatic N) is 1. The average molecular weight is 445 g/mol. The van der Waals surface area contributed by atoms with Crippen LogP contribution in [0.15, 0.2) is 57.9 Å². The van der Waals surface area contributed by atoms with Crippen LogP contribution in [0.1, 0.15) is 23.8 Å². The highest BCUT2D eigenvalue weighted by molar-refractivity contribution is 7.89. The van der Waals surface area contributed by atoms with Crippen molar-refractivity contribution in [1.82, 2.24) is 9.88 Å². The van der Waals surface area contributed by atoms with Crippen LogP contribution < -0.4 is 4.72 Å². The molecule has 0 fully saturated rings. The molecule has 1 N–H and O–H groups in total. The zero-order valence-corrected chi connectivity index (χ0v) is 16.7. The number of sulfonamides is 1. The summed E-state index contributed by atoms with van der Waals surface area (Å²) < 4.78 is 70.8. The topological polar surface area (TPSA) is 72.2 Å². The first kappa shape index (κ1) is 21.4. The fraction of sp³-hybridized carbons (Fsp3) is 0.211. The van der Waals surface area contributed by atoms with E-state index in [4.69, 9.17) is 11.6 Å². The van der Waals surface area contributed by atoms with E-state index in [9.17, 15) is 21.6 Å². The first-order valence-electron chi connectivity index (χ1n) is 8.52. The molecular formula is C19H16ClF3N2O3S. The largest absolute Gasteiger partial charge is 0.452 e. The molecule has 10 heteroatoms. The second kappa shape index (κ2) is 8.17. The van der Waals surface area contributed by atoms with Crippen molar-refractivity contribution in [3.05, 3.63) is 70.4 Å². The highest BCUT2D eigenvalue weighted by Crippen LogP contribution is 2.33. The number of benzene rings is 2. The number of rotatable bonds is 6. The molecule has 2 aromatic carbocycles. The second-order valence-corrected chi connectivity index (χ2v) is 8.31. The number of aryl methyl sites for hydroxylation is 1. The van der Waals surface area contributed by atoms with Crippen molar-refractivity contribution in [3.63, 3.8) is 0 Å². The molecule has 0 saturated carbocycles. The van der Waals surface area contributed by atoms with Gasteiger partial charge in [0.2, 0.25) is 15.8 Å². The molecule has 0 aliphatic carbocycles. The van der Waals surface area contributed by atoms with E-state index in [2.05, 4.69) is 14.4 Å². The fourth-order valence-electron chi connectivity index (χ4n) is 2.69. The minimum atomic E-state index is -4.68. The van der Waals surface area contributed by atoms with Crippen molar-refractivity contribution >= 4 is 21.6 Å². The predicted molar refractivity (Wildman–Crippen MR) is 102 cm³/mol. The summed E-state index contributed by atoms with van der Waals surface area (Å²) in [7, 11) is -3.96. The van der Waals surface area contributed by atoms with Gasteiger partial charge in [-0.15, -0.1) is 0 Å². The van der Waals surface area contributed by atoms with E-state index in [0.29, 0.717) is 22.6 Å². The maximum absolute atomic E-state index is 12.9. The van der Waals surface area contributed by atoms with Crippen LogP contribution >= 0.6 is 11.6 Å². The van der Waals surface area contributed by atoms with Crippen LogP contribution in [0.5, 0.6) is 0 Å². The highest BCUT2D eigenvalue weighted by Gasteiger charge is 2.36. The third-order valence-corrected chi connectivity index (χ3v) is 6.09. The van der Waals surface area contributed by atoms with Crippen molar-refractivity contribution in [2.45, 2.75) is 31.0 Å². The van der Waals surface area contributed by atoms with Crippen molar-refractivity contribution in [1.29, 1.82) is 0 Å². The monoisotopic (exact) mass is 444 g/mol. The van der Waals surface area contributed by atoms with Gasteiger partial charge in [-0.2, -0.15) is 13.2 Å². The smallest absolute Gasteiger partial charge is 0.351 e. The lowest BCUT2D eigenvalue weighted by molar-refractivity contribution is -0.155. The van der Waals surface area contributed by atoms with Crippen LogP contribution in [-0.2, 0) is 29.2 Å². The van der Waals surface area contributed by atoms with E-state index in [-0.39, 0.29) is 22.7 Å². The van der Waals surface area contributed by atoms with Gasteiger partial charge < -0.3 is 4.52 Å². The van der Waals surface area contributed by atoms with E-state index >= 15 is 0 Å². The van der Waals surface area contributed by atoms with E-state index in [1.54, 1.807) is 37.3 Å². The molecule has 0 saturated heterocycles. The zero-order valence-electron chi connectivity index (χ0n) is 15.1. The lowest BCUT2D eigenvalue weighted by atomic mass is 10.1. The van der Waals surface area contributed by atoms with Crippen molar-refractivity contribution in [2.24, 2.45) is 0 Å². The molecule has 1 heterocycles. The molecule has 29 heavy (non-hydrogen) atoms. The molecular weight excluding hydrogens is 429 g/mol. The number of alkyl halides is 3. The number of nitrogens with one attached hydrogen (secondary N) is 1. The molecule has 0 atom stereocenters. The third kappa shape index (κ3) is 4.80. The molecule has 0 amide bonds. The summed E-state index contributed by atoms with van der Waals surface area (Å²) in [5.41, 5.74) is 1.19. The Morgan fingerprint density at radius 2 is 1.83 bits per heavy atom. The molecule has 3 rings (SSSR count). The van der Waals surface area contributed by atoms with E-state index in [1.807, 2.05) is 0 Å². The molecule has 0 radical (unpaired) electrons. The predicted octanol–water partition coefficient (Wildman–Crippen LogP) is 5.05. The first-order chi connectivity index (χ1) is 13.6. The number of halogens is 4. The Morgan fingerprint density at radius 3 is 2.45 bits per heavy atom. The van der Waals surface area contributed by atoms with Crippen LogP contribution in [0.4, 0.5) is 13.2 Å². The zero-order chi connectivity index (χ0) is 21.2.